The average molecular weight is 324 g/mol. The van der Waals surface area contributed by atoms with E-state index in [1.807, 2.05) is 43.3 Å². The fourth-order valence-electron chi connectivity index (χ4n) is 2.17. The second-order valence-corrected chi connectivity index (χ2v) is 6.90. The summed E-state index contributed by atoms with van der Waals surface area (Å²) in [5.41, 5.74) is 2.98. The standard InChI is InChI=1S/C18H16N2O2S/c1-14-7-10-17(11-8-14)23(21,22)20-18-12-9-16(13-19-18)15-5-3-2-4-6-15/h2-13H,1H3,(H,19,20). The first-order valence-electron chi connectivity index (χ1n) is 7.15. The number of anilines is 1. The molecule has 3 aromatic rings. The van der Waals surface area contributed by atoms with Gasteiger partial charge in [0.2, 0.25) is 0 Å². The van der Waals surface area contributed by atoms with Gasteiger partial charge < -0.3 is 0 Å². The van der Waals surface area contributed by atoms with Crippen molar-refractivity contribution in [2.24, 2.45) is 0 Å². The highest BCUT2D eigenvalue weighted by molar-refractivity contribution is 7.92. The Labute approximate surface area is 135 Å². The van der Waals surface area contributed by atoms with Crippen molar-refractivity contribution in [3.05, 3.63) is 78.5 Å². The molecule has 1 heterocycles. The van der Waals surface area contributed by atoms with E-state index < -0.39 is 10.0 Å². The summed E-state index contributed by atoms with van der Waals surface area (Å²) in [6.07, 6.45) is 1.66. The van der Waals surface area contributed by atoms with Gasteiger partial charge in [0.15, 0.2) is 0 Å². The van der Waals surface area contributed by atoms with Gasteiger partial charge in [-0.25, -0.2) is 13.4 Å². The van der Waals surface area contributed by atoms with Crippen molar-refractivity contribution in [1.82, 2.24) is 4.98 Å². The van der Waals surface area contributed by atoms with Crippen LogP contribution in [0.1, 0.15) is 5.56 Å². The normalized spacial score (nSPS) is 11.2. The Morgan fingerprint density at radius 2 is 1.52 bits per heavy atom. The third kappa shape index (κ3) is 3.57. The molecule has 0 spiro atoms. The summed E-state index contributed by atoms with van der Waals surface area (Å²) in [5, 5.41) is 0. The van der Waals surface area contributed by atoms with Crippen LogP contribution in [0.25, 0.3) is 11.1 Å². The number of benzene rings is 2. The zero-order valence-electron chi connectivity index (χ0n) is 12.6. The van der Waals surface area contributed by atoms with Crippen molar-refractivity contribution in [3.8, 4) is 11.1 Å². The first-order chi connectivity index (χ1) is 11.0. The van der Waals surface area contributed by atoms with Crippen LogP contribution in [-0.4, -0.2) is 13.4 Å². The minimum atomic E-state index is -3.62. The van der Waals surface area contributed by atoms with Gasteiger partial charge in [-0.2, -0.15) is 0 Å². The van der Waals surface area contributed by atoms with Gasteiger partial charge in [0.05, 0.1) is 4.90 Å². The molecule has 0 amide bonds. The Hall–Kier alpha value is -2.66. The highest BCUT2D eigenvalue weighted by atomic mass is 32.2. The van der Waals surface area contributed by atoms with Gasteiger partial charge in [-0.05, 0) is 36.8 Å². The quantitative estimate of drug-likeness (QED) is 0.793. The van der Waals surface area contributed by atoms with E-state index in [4.69, 9.17) is 0 Å². The van der Waals surface area contributed by atoms with Crippen molar-refractivity contribution in [2.45, 2.75) is 11.8 Å². The van der Waals surface area contributed by atoms with E-state index in [9.17, 15) is 8.42 Å². The first-order valence-corrected chi connectivity index (χ1v) is 8.64. The summed E-state index contributed by atoms with van der Waals surface area (Å²) in [6, 6.07) is 20.0. The van der Waals surface area contributed by atoms with Crippen molar-refractivity contribution in [3.63, 3.8) is 0 Å². The molecule has 1 N–H and O–H groups in total. The molecule has 0 radical (unpaired) electrons. The Kier molecular flexibility index (Phi) is 4.12. The van der Waals surface area contributed by atoms with Crippen LogP contribution in [0.5, 0.6) is 0 Å². The van der Waals surface area contributed by atoms with E-state index >= 15 is 0 Å². The lowest BCUT2D eigenvalue weighted by Crippen LogP contribution is -2.13. The molecule has 1 aromatic heterocycles. The minimum Gasteiger partial charge on any atom is -0.263 e. The average Bonchev–Trinajstić information content (AvgIpc) is 2.56. The molecular formula is C18H16N2O2S. The molecule has 0 atom stereocenters. The van der Waals surface area contributed by atoms with E-state index in [1.165, 1.54) is 0 Å². The summed E-state index contributed by atoms with van der Waals surface area (Å²) >= 11 is 0. The van der Waals surface area contributed by atoms with Crippen LogP contribution in [0.15, 0.2) is 77.8 Å². The lowest BCUT2D eigenvalue weighted by atomic mass is 10.1. The van der Waals surface area contributed by atoms with Crippen LogP contribution < -0.4 is 4.72 Å². The largest absolute Gasteiger partial charge is 0.263 e. The molecule has 0 fully saturated rings. The second-order valence-electron chi connectivity index (χ2n) is 5.22. The summed E-state index contributed by atoms with van der Waals surface area (Å²) in [6.45, 7) is 1.91. The maximum absolute atomic E-state index is 12.3. The molecule has 116 valence electrons. The lowest BCUT2D eigenvalue weighted by Gasteiger charge is -2.08. The first kappa shape index (κ1) is 15.2. The molecule has 0 aliphatic heterocycles. The molecule has 2 aromatic carbocycles. The molecule has 0 aliphatic rings. The molecular weight excluding hydrogens is 308 g/mol. The number of nitrogens with one attached hydrogen (secondary N) is 1. The number of aromatic nitrogens is 1. The number of rotatable bonds is 4. The highest BCUT2D eigenvalue weighted by Crippen LogP contribution is 2.20. The van der Waals surface area contributed by atoms with Crippen LogP contribution in [0.4, 0.5) is 5.82 Å². The van der Waals surface area contributed by atoms with Gasteiger partial charge in [-0.15, -0.1) is 0 Å². The zero-order chi connectivity index (χ0) is 16.3. The number of sulfonamides is 1. The minimum absolute atomic E-state index is 0.219. The van der Waals surface area contributed by atoms with Crippen molar-refractivity contribution >= 4 is 15.8 Å². The van der Waals surface area contributed by atoms with E-state index in [-0.39, 0.29) is 4.90 Å². The SMILES string of the molecule is Cc1ccc(S(=O)(=O)Nc2ccc(-c3ccccc3)cn2)cc1. The topological polar surface area (TPSA) is 59.1 Å². The van der Waals surface area contributed by atoms with Crippen LogP contribution in [-0.2, 0) is 10.0 Å². The van der Waals surface area contributed by atoms with Gasteiger partial charge in [-0.3, -0.25) is 4.72 Å². The van der Waals surface area contributed by atoms with E-state index in [0.717, 1.165) is 16.7 Å². The molecule has 0 bridgehead atoms. The summed E-state index contributed by atoms with van der Waals surface area (Å²) < 4.78 is 27.1. The third-order valence-corrected chi connectivity index (χ3v) is 4.81. The van der Waals surface area contributed by atoms with Crippen molar-refractivity contribution in [1.29, 1.82) is 0 Å². The molecule has 0 saturated heterocycles. The fraction of sp³-hybridized carbons (Fsp3) is 0.0556. The number of aryl methyl sites for hydroxylation is 1. The smallest absolute Gasteiger partial charge is 0.263 e. The zero-order valence-corrected chi connectivity index (χ0v) is 13.4. The van der Waals surface area contributed by atoms with E-state index in [1.54, 1.807) is 36.5 Å². The Morgan fingerprint density at radius 1 is 0.826 bits per heavy atom. The van der Waals surface area contributed by atoms with Crippen LogP contribution in [0.3, 0.4) is 0 Å². The predicted octanol–water partition coefficient (Wildman–Crippen LogP) is 3.86. The van der Waals surface area contributed by atoms with Gasteiger partial charge >= 0.3 is 0 Å². The van der Waals surface area contributed by atoms with Crippen LogP contribution in [0, 0.1) is 6.92 Å². The Morgan fingerprint density at radius 3 is 2.13 bits per heavy atom. The van der Waals surface area contributed by atoms with Gasteiger partial charge in [0.1, 0.15) is 5.82 Å². The van der Waals surface area contributed by atoms with Crippen molar-refractivity contribution < 1.29 is 8.42 Å². The molecule has 3 rings (SSSR count). The lowest BCUT2D eigenvalue weighted by molar-refractivity contribution is 0.601. The fourth-order valence-corrected chi connectivity index (χ4v) is 3.18. The summed E-state index contributed by atoms with van der Waals surface area (Å²) in [7, 11) is -3.62. The molecule has 23 heavy (non-hydrogen) atoms. The molecule has 0 saturated carbocycles. The van der Waals surface area contributed by atoms with Gasteiger partial charge in [0.25, 0.3) is 10.0 Å². The molecule has 5 heteroatoms. The molecule has 0 unspecified atom stereocenters. The Bertz CT molecular complexity index is 888. The van der Waals surface area contributed by atoms with E-state index in [2.05, 4.69) is 9.71 Å². The number of nitrogens with zero attached hydrogens (tertiary/aromatic N) is 1. The van der Waals surface area contributed by atoms with Gasteiger partial charge in [0, 0.05) is 11.8 Å². The predicted molar refractivity (Wildman–Crippen MR) is 91.7 cm³/mol. The number of hydrogen-bond acceptors (Lipinski definition) is 3. The van der Waals surface area contributed by atoms with E-state index in [0.29, 0.717) is 5.82 Å². The molecule has 4 nitrogen and oxygen atoms in total. The number of pyridine rings is 1. The second kappa shape index (κ2) is 6.22. The summed E-state index contributed by atoms with van der Waals surface area (Å²) in [4.78, 5) is 4.41. The Balaban J connectivity index is 1.82. The third-order valence-electron chi connectivity index (χ3n) is 3.44. The maximum atomic E-state index is 12.3. The number of hydrogen-bond donors (Lipinski definition) is 1. The van der Waals surface area contributed by atoms with Crippen LogP contribution in [0.2, 0.25) is 0 Å². The monoisotopic (exact) mass is 324 g/mol. The maximum Gasteiger partial charge on any atom is 0.263 e. The molecule has 0 aliphatic carbocycles. The van der Waals surface area contributed by atoms with Crippen molar-refractivity contribution in [2.75, 3.05) is 4.72 Å². The van der Waals surface area contributed by atoms with Gasteiger partial charge in [-0.1, -0.05) is 48.0 Å². The van der Waals surface area contributed by atoms with Crippen LogP contribution >= 0.6 is 0 Å². The highest BCUT2D eigenvalue weighted by Gasteiger charge is 2.14. The summed E-state index contributed by atoms with van der Waals surface area (Å²) in [5.74, 6) is 0.297.